The van der Waals surface area contributed by atoms with Crippen LogP contribution in [0.25, 0.3) is 0 Å². The SMILES string of the molecule is CCCCCC1OC(OCC)C[C@H]1CB1OC(C)(C)C(C)(C)O1. The lowest BCUT2D eigenvalue weighted by atomic mass is 9.74. The summed E-state index contributed by atoms with van der Waals surface area (Å²) in [6.07, 6.45) is 6.91. The topological polar surface area (TPSA) is 36.9 Å². The molecule has 0 amide bonds. The maximum atomic E-state index is 6.18. The van der Waals surface area contributed by atoms with E-state index in [1.807, 2.05) is 6.92 Å². The molecule has 2 aliphatic heterocycles. The van der Waals surface area contributed by atoms with E-state index in [0.717, 1.165) is 19.2 Å². The summed E-state index contributed by atoms with van der Waals surface area (Å²) in [6, 6.07) is 0. The van der Waals surface area contributed by atoms with Gasteiger partial charge in [0.05, 0.1) is 17.3 Å². The van der Waals surface area contributed by atoms with E-state index >= 15 is 0 Å². The van der Waals surface area contributed by atoms with Gasteiger partial charge in [0.25, 0.3) is 0 Å². The summed E-state index contributed by atoms with van der Waals surface area (Å²) in [5.41, 5.74) is -0.512. The lowest BCUT2D eigenvalue weighted by Gasteiger charge is -2.32. The maximum absolute atomic E-state index is 6.18. The second kappa shape index (κ2) is 7.86. The van der Waals surface area contributed by atoms with Gasteiger partial charge in [0.15, 0.2) is 6.29 Å². The molecular formula is C18H35BO4. The maximum Gasteiger partial charge on any atom is 0.458 e. The summed E-state index contributed by atoms with van der Waals surface area (Å²) < 4.78 is 24.2. The van der Waals surface area contributed by atoms with Crippen molar-refractivity contribution in [2.24, 2.45) is 5.92 Å². The molecule has 0 aliphatic carbocycles. The van der Waals surface area contributed by atoms with Crippen molar-refractivity contribution in [1.29, 1.82) is 0 Å². The summed E-state index contributed by atoms with van der Waals surface area (Å²) in [5, 5.41) is 0. The molecule has 2 saturated heterocycles. The summed E-state index contributed by atoms with van der Waals surface area (Å²) in [5.74, 6) is 0.457. The van der Waals surface area contributed by atoms with Gasteiger partial charge in [-0.2, -0.15) is 0 Å². The summed E-state index contributed by atoms with van der Waals surface area (Å²) in [4.78, 5) is 0. The minimum Gasteiger partial charge on any atom is -0.403 e. The molecule has 2 fully saturated rings. The van der Waals surface area contributed by atoms with Crippen molar-refractivity contribution in [3.63, 3.8) is 0 Å². The van der Waals surface area contributed by atoms with Gasteiger partial charge in [0.1, 0.15) is 0 Å². The Morgan fingerprint density at radius 3 is 2.26 bits per heavy atom. The van der Waals surface area contributed by atoms with Gasteiger partial charge in [-0.3, -0.25) is 0 Å². The number of ether oxygens (including phenoxy) is 2. The number of hydrogen-bond donors (Lipinski definition) is 0. The van der Waals surface area contributed by atoms with Gasteiger partial charge in [-0.1, -0.05) is 26.2 Å². The zero-order valence-corrected chi connectivity index (χ0v) is 15.9. The van der Waals surface area contributed by atoms with Gasteiger partial charge >= 0.3 is 7.12 Å². The first-order valence-corrected chi connectivity index (χ1v) is 9.41. The van der Waals surface area contributed by atoms with Crippen molar-refractivity contribution in [3.8, 4) is 0 Å². The van der Waals surface area contributed by atoms with Gasteiger partial charge in [0, 0.05) is 13.0 Å². The van der Waals surface area contributed by atoms with Crippen LogP contribution in [0.5, 0.6) is 0 Å². The minimum atomic E-state index is -0.256. The van der Waals surface area contributed by atoms with Crippen LogP contribution in [-0.4, -0.2) is 37.3 Å². The van der Waals surface area contributed by atoms with Crippen LogP contribution < -0.4 is 0 Å². The molecule has 2 heterocycles. The third-order valence-electron chi connectivity index (χ3n) is 5.59. The first-order valence-electron chi connectivity index (χ1n) is 9.41. The largest absolute Gasteiger partial charge is 0.458 e. The van der Waals surface area contributed by atoms with E-state index < -0.39 is 0 Å². The Bertz CT molecular complexity index is 356. The van der Waals surface area contributed by atoms with E-state index in [2.05, 4.69) is 34.6 Å². The van der Waals surface area contributed by atoms with E-state index in [4.69, 9.17) is 18.8 Å². The normalized spacial score (nSPS) is 32.6. The molecule has 2 unspecified atom stereocenters. The van der Waals surface area contributed by atoms with Crippen LogP contribution in [-0.2, 0) is 18.8 Å². The molecule has 3 atom stereocenters. The Labute approximate surface area is 142 Å². The van der Waals surface area contributed by atoms with Gasteiger partial charge in [-0.15, -0.1) is 0 Å². The Morgan fingerprint density at radius 1 is 1.04 bits per heavy atom. The van der Waals surface area contributed by atoms with E-state index in [1.165, 1.54) is 19.3 Å². The third-order valence-corrected chi connectivity index (χ3v) is 5.59. The number of rotatable bonds is 8. The van der Waals surface area contributed by atoms with Crippen molar-refractivity contribution in [1.82, 2.24) is 0 Å². The quantitative estimate of drug-likeness (QED) is 0.488. The van der Waals surface area contributed by atoms with Crippen molar-refractivity contribution in [2.45, 2.75) is 104 Å². The predicted octanol–water partition coefficient (Wildman–Crippen LogP) is 4.43. The summed E-state index contributed by atoms with van der Waals surface area (Å²) in [6.45, 7) is 13.4. The molecule has 0 saturated carbocycles. The highest BCUT2D eigenvalue weighted by atomic mass is 16.7. The molecule has 0 N–H and O–H groups in total. The molecular weight excluding hydrogens is 291 g/mol. The molecule has 0 aromatic rings. The lowest BCUT2D eigenvalue weighted by molar-refractivity contribution is -0.132. The van der Waals surface area contributed by atoms with Crippen LogP contribution >= 0.6 is 0 Å². The predicted molar refractivity (Wildman–Crippen MR) is 93.4 cm³/mol. The zero-order chi connectivity index (χ0) is 17.1. The summed E-state index contributed by atoms with van der Waals surface area (Å²) >= 11 is 0. The van der Waals surface area contributed by atoms with Crippen LogP contribution in [0.1, 0.15) is 73.6 Å². The average molecular weight is 326 g/mol. The monoisotopic (exact) mass is 326 g/mol. The lowest BCUT2D eigenvalue weighted by Crippen LogP contribution is -2.41. The third kappa shape index (κ3) is 4.71. The van der Waals surface area contributed by atoms with Crippen LogP contribution in [0.3, 0.4) is 0 Å². The smallest absolute Gasteiger partial charge is 0.403 e. The highest BCUT2D eigenvalue weighted by Gasteiger charge is 2.52. The molecule has 134 valence electrons. The van der Waals surface area contributed by atoms with Crippen molar-refractivity contribution in [3.05, 3.63) is 0 Å². The molecule has 23 heavy (non-hydrogen) atoms. The van der Waals surface area contributed by atoms with E-state index in [1.54, 1.807) is 0 Å². The Hall–Kier alpha value is -0.0951. The van der Waals surface area contributed by atoms with Crippen LogP contribution in [0.2, 0.25) is 6.32 Å². The number of unbranched alkanes of at least 4 members (excludes halogenated alkanes) is 2. The molecule has 0 aromatic heterocycles. The van der Waals surface area contributed by atoms with E-state index in [9.17, 15) is 0 Å². The summed E-state index contributed by atoms with van der Waals surface area (Å²) in [7, 11) is -0.136. The van der Waals surface area contributed by atoms with Crippen molar-refractivity contribution < 1.29 is 18.8 Å². The standard InChI is InChI=1S/C18H35BO4/c1-7-9-10-11-15-14(12-16(21-15)20-8-2)13-19-22-17(3,4)18(5,6)23-19/h14-16H,7-13H2,1-6H3/t14-,15?,16?/m0/s1. The van der Waals surface area contributed by atoms with Gasteiger partial charge in [-0.25, -0.2) is 0 Å². The Kier molecular flexibility index (Phi) is 6.57. The van der Waals surface area contributed by atoms with Gasteiger partial charge in [-0.05, 0) is 53.3 Å². The second-order valence-corrected chi connectivity index (χ2v) is 7.97. The van der Waals surface area contributed by atoms with Gasteiger partial charge in [0.2, 0.25) is 0 Å². The molecule has 2 aliphatic rings. The van der Waals surface area contributed by atoms with E-state index in [0.29, 0.717) is 12.5 Å². The highest BCUT2D eigenvalue weighted by molar-refractivity contribution is 6.45. The number of hydrogen-bond acceptors (Lipinski definition) is 4. The van der Waals surface area contributed by atoms with Gasteiger partial charge < -0.3 is 18.8 Å². The van der Waals surface area contributed by atoms with Crippen LogP contribution in [0.15, 0.2) is 0 Å². The first kappa shape index (κ1) is 19.2. The fourth-order valence-electron chi connectivity index (χ4n) is 3.51. The van der Waals surface area contributed by atoms with Crippen molar-refractivity contribution in [2.75, 3.05) is 6.61 Å². The first-order chi connectivity index (χ1) is 10.8. The minimum absolute atomic E-state index is 0.0564. The molecule has 0 bridgehead atoms. The second-order valence-electron chi connectivity index (χ2n) is 7.97. The Balaban J connectivity index is 1.92. The fourth-order valence-corrected chi connectivity index (χ4v) is 3.51. The average Bonchev–Trinajstić information content (AvgIpc) is 2.89. The van der Waals surface area contributed by atoms with Crippen molar-refractivity contribution >= 4 is 7.12 Å². The molecule has 0 radical (unpaired) electrons. The molecule has 0 aromatic carbocycles. The van der Waals surface area contributed by atoms with Crippen LogP contribution in [0, 0.1) is 5.92 Å². The zero-order valence-electron chi connectivity index (χ0n) is 15.9. The molecule has 4 nitrogen and oxygen atoms in total. The molecule has 0 spiro atoms. The van der Waals surface area contributed by atoms with Crippen LogP contribution in [0.4, 0.5) is 0 Å². The van der Waals surface area contributed by atoms with E-state index in [-0.39, 0.29) is 30.7 Å². The Morgan fingerprint density at radius 2 is 1.70 bits per heavy atom. The molecule has 2 rings (SSSR count). The molecule has 5 heteroatoms. The fraction of sp³-hybridized carbons (Fsp3) is 1.00. The highest BCUT2D eigenvalue weighted by Crippen LogP contribution is 2.41.